The molecule has 0 aliphatic carbocycles. The lowest BCUT2D eigenvalue weighted by Gasteiger charge is -2.39. The van der Waals surface area contributed by atoms with Gasteiger partial charge in [0.15, 0.2) is 0 Å². The number of benzene rings is 1. The number of methoxy groups -OCH3 is 1. The van der Waals surface area contributed by atoms with Gasteiger partial charge in [-0.3, -0.25) is 9.89 Å². The van der Waals surface area contributed by atoms with E-state index in [-0.39, 0.29) is 4.90 Å². The lowest BCUT2D eigenvalue weighted by atomic mass is 9.92. The molecule has 1 aromatic rings. The van der Waals surface area contributed by atoms with E-state index in [0.717, 1.165) is 69.2 Å². The second-order valence-corrected chi connectivity index (χ2v) is 11.9. The molecule has 0 saturated carbocycles. The van der Waals surface area contributed by atoms with E-state index in [1.54, 1.807) is 22.5 Å². The number of amidine groups is 1. The van der Waals surface area contributed by atoms with Crippen LogP contribution in [-0.4, -0.2) is 89.1 Å². The van der Waals surface area contributed by atoms with Gasteiger partial charge in [0.2, 0.25) is 10.0 Å². The SMILES string of the molecule is CCCNC1=CC(N)(c2ccc(S(=O)(=O)N3CCC(N4CCOCC4)CC3)cc2OC)NC2=NCC=C12. The molecular formula is C26H38N6O4S. The predicted octanol–water partition coefficient (Wildman–Crippen LogP) is 1.12. The smallest absolute Gasteiger partial charge is 0.243 e. The summed E-state index contributed by atoms with van der Waals surface area (Å²) in [7, 11) is -2.13. The number of nitrogens with one attached hydrogen (secondary N) is 2. The van der Waals surface area contributed by atoms with Gasteiger partial charge in [0.1, 0.15) is 17.2 Å². The lowest BCUT2D eigenvalue weighted by Crippen LogP contribution is -2.55. The molecule has 4 aliphatic rings. The molecule has 4 N–H and O–H groups in total. The Morgan fingerprint density at radius 2 is 2.00 bits per heavy atom. The first-order chi connectivity index (χ1) is 17.9. The maximum absolute atomic E-state index is 13.6. The average molecular weight is 531 g/mol. The quantitative estimate of drug-likeness (QED) is 0.457. The van der Waals surface area contributed by atoms with E-state index in [9.17, 15) is 8.42 Å². The van der Waals surface area contributed by atoms with E-state index in [0.29, 0.717) is 37.0 Å². The van der Waals surface area contributed by atoms with Crippen molar-refractivity contribution >= 4 is 15.9 Å². The van der Waals surface area contributed by atoms with E-state index >= 15 is 0 Å². The van der Waals surface area contributed by atoms with Crippen molar-refractivity contribution in [3.8, 4) is 5.75 Å². The fourth-order valence-corrected chi connectivity index (χ4v) is 7.04. The first-order valence-corrected chi connectivity index (χ1v) is 14.6. The topological polar surface area (TPSA) is 122 Å². The van der Waals surface area contributed by atoms with Crippen LogP contribution in [0.1, 0.15) is 31.7 Å². The number of aliphatic imine (C=N–C) groups is 1. The Labute approximate surface area is 219 Å². The highest BCUT2D eigenvalue weighted by Crippen LogP contribution is 2.36. The van der Waals surface area contributed by atoms with E-state index in [1.807, 2.05) is 6.08 Å². The molecule has 0 spiro atoms. The number of fused-ring (bicyclic) bond motifs is 1. The second-order valence-electron chi connectivity index (χ2n) is 9.93. The van der Waals surface area contributed by atoms with Crippen molar-refractivity contribution in [2.45, 2.75) is 42.8 Å². The van der Waals surface area contributed by atoms with Crippen molar-refractivity contribution in [3.05, 3.63) is 47.2 Å². The van der Waals surface area contributed by atoms with Crippen LogP contribution in [0.2, 0.25) is 0 Å². The summed E-state index contributed by atoms with van der Waals surface area (Å²) in [4.78, 5) is 7.19. The van der Waals surface area contributed by atoms with E-state index in [2.05, 4.69) is 33.5 Å². The van der Waals surface area contributed by atoms with Crippen LogP contribution in [0.3, 0.4) is 0 Å². The Kier molecular flexibility index (Phi) is 7.60. The number of nitrogens with two attached hydrogens (primary N) is 1. The Bertz CT molecular complexity index is 1200. The summed E-state index contributed by atoms with van der Waals surface area (Å²) in [6.45, 7) is 7.84. The molecule has 4 aliphatic heterocycles. The molecule has 1 aromatic carbocycles. The minimum absolute atomic E-state index is 0.212. The van der Waals surface area contributed by atoms with Crippen molar-refractivity contribution in [1.82, 2.24) is 19.8 Å². The Balaban J connectivity index is 1.37. The first kappa shape index (κ1) is 26.2. The molecule has 37 heavy (non-hydrogen) atoms. The van der Waals surface area contributed by atoms with Crippen molar-refractivity contribution < 1.29 is 17.9 Å². The van der Waals surface area contributed by atoms with E-state index in [1.165, 1.54) is 7.11 Å². The summed E-state index contributed by atoms with van der Waals surface area (Å²) < 4.78 is 39.9. The Morgan fingerprint density at radius 1 is 1.24 bits per heavy atom. The van der Waals surface area contributed by atoms with Gasteiger partial charge in [-0.25, -0.2) is 8.42 Å². The van der Waals surface area contributed by atoms with Crippen LogP contribution in [0.15, 0.2) is 51.5 Å². The lowest BCUT2D eigenvalue weighted by molar-refractivity contribution is 0.00610. The van der Waals surface area contributed by atoms with Gasteiger partial charge in [0, 0.05) is 61.7 Å². The highest BCUT2D eigenvalue weighted by atomic mass is 32.2. The van der Waals surface area contributed by atoms with Gasteiger partial charge in [-0.15, -0.1) is 0 Å². The fourth-order valence-electron chi connectivity index (χ4n) is 5.56. The monoisotopic (exact) mass is 530 g/mol. The fraction of sp³-hybridized carbons (Fsp3) is 0.577. The molecule has 11 heteroatoms. The van der Waals surface area contributed by atoms with Gasteiger partial charge in [0.25, 0.3) is 0 Å². The van der Waals surface area contributed by atoms with Gasteiger partial charge in [-0.05, 0) is 37.5 Å². The zero-order valence-electron chi connectivity index (χ0n) is 21.7. The third kappa shape index (κ3) is 5.15. The maximum Gasteiger partial charge on any atom is 0.243 e. The summed E-state index contributed by atoms with van der Waals surface area (Å²) in [5, 5.41) is 6.79. The molecule has 202 valence electrons. The molecule has 2 fully saturated rings. The number of hydrogen-bond donors (Lipinski definition) is 3. The molecule has 1 atom stereocenters. The van der Waals surface area contributed by atoms with Gasteiger partial charge < -0.3 is 25.8 Å². The first-order valence-electron chi connectivity index (χ1n) is 13.2. The largest absolute Gasteiger partial charge is 0.496 e. The van der Waals surface area contributed by atoms with Gasteiger partial charge in [0.05, 0.1) is 31.8 Å². The summed E-state index contributed by atoms with van der Waals surface area (Å²) in [5.41, 5.74) is 8.33. The molecule has 0 bridgehead atoms. The molecule has 2 saturated heterocycles. The van der Waals surface area contributed by atoms with Gasteiger partial charge in [-0.2, -0.15) is 4.31 Å². The zero-order chi connectivity index (χ0) is 26.0. The highest BCUT2D eigenvalue weighted by Gasteiger charge is 2.38. The molecule has 0 radical (unpaired) electrons. The average Bonchev–Trinajstić information content (AvgIpc) is 3.40. The number of rotatable bonds is 8. The molecule has 0 aromatic heterocycles. The van der Waals surface area contributed by atoms with Crippen molar-refractivity contribution in [1.29, 1.82) is 0 Å². The van der Waals surface area contributed by atoms with E-state index < -0.39 is 15.7 Å². The number of sulfonamides is 1. The third-order valence-corrected chi connectivity index (χ3v) is 9.49. The summed E-state index contributed by atoms with van der Waals surface area (Å²) in [6, 6.07) is 5.37. The number of piperidine rings is 1. The predicted molar refractivity (Wildman–Crippen MR) is 143 cm³/mol. The number of hydrogen-bond acceptors (Lipinski definition) is 9. The molecular weight excluding hydrogens is 492 g/mol. The normalized spacial score (nSPS) is 25.5. The third-order valence-electron chi connectivity index (χ3n) is 7.59. The maximum atomic E-state index is 13.6. The number of nitrogens with zero attached hydrogens (tertiary/aromatic N) is 3. The Hall–Kier alpha value is -2.44. The summed E-state index contributed by atoms with van der Waals surface area (Å²) in [5.74, 6) is 1.14. The minimum Gasteiger partial charge on any atom is -0.496 e. The number of morpholine rings is 1. The van der Waals surface area contributed by atoms with Crippen molar-refractivity contribution in [3.63, 3.8) is 0 Å². The molecule has 1 unspecified atom stereocenters. The summed E-state index contributed by atoms with van der Waals surface area (Å²) in [6.07, 6.45) is 6.61. The molecule has 5 rings (SSSR count). The minimum atomic E-state index is -3.66. The van der Waals surface area contributed by atoms with Crippen LogP contribution >= 0.6 is 0 Å². The Morgan fingerprint density at radius 3 is 2.70 bits per heavy atom. The van der Waals surface area contributed by atoms with Crippen LogP contribution < -0.4 is 21.1 Å². The van der Waals surface area contributed by atoms with Crippen LogP contribution in [0, 0.1) is 0 Å². The van der Waals surface area contributed by atoms with Crippen molar-refractivity contribution in [2.24, 2.45) is 10.7 Å². The molecule has 4 heterocycles. The second kappa shape index (κ2) is 10.7. The highest BCUT2D eigenvalue weighted by molar-refractivity contribution is 7.89. The number of ether oxygens (including phenoxy) is 2. The molecule has 0 amide bonds. The summed E-state index contributed by atoms with van der Waals surface area (Å²) >= 11 is 0. The molecule has 10 nitrogen and oxygen atoms in total. The zero-order valence-corrected chi connectivity index (χ0v) is 22.5. The van der Waals surface area contributed by atoms with Crippen molar-refractivity contribution in [2.75, 3.05) is 59.6 Å². The van der Waals surface area contributed by atoms with E-state index in [4.69, 9.17) is 15.2 Å². The van der Waals surface area contributed by atoms with Crippen LogP contribution in [0.4, 0.5) is 0 Å². The van der Waals surface area contributed by atoms with Crippen LogP contribution in [-0.2, 0) is 20.4 Å². The standard InChI is InChI=1S/C26H38N6O4S/c1-3-9-28-23-18-26(27,30-25-21(23)6-10-29-25)22-5-4-20(17-24(22)35-2)37(33,34)32-11-7-19(8-12-32)31-13-15-36-16-14-31/h4-6,17-19,28H,3,7-16,27H2,1-2H3,(H,29,30). The van der Waals surface area contributed by atoms with Crippen LogP contribution in [0.25, 0.3) is 0 Å². The van der Waals surface area contributed by atoms with Gasteiger partial charge in [-0.1, -0.05) is 13.0 Å². The van der Waals surface area contributed by atoms with Crippen LogP contribution in [0.5, 0.6) is 5.75 Å². The van der Waals surface area contributed by atoms with Gasteiger partial charge >= 0.3 is 0 Å².